The van der Waals surface area contributed by atoms with E-state index in [-0.39, 0.29) is 19.1 Å². The Morgan fingerprint density at radius 3 is 1.90 bits per heavy atom. The summed E-state index contributed by atoms with van der Waals surface area (Å²) in [4.78, 5) is 57.5. The molecule has 0 aromatic rings. The minimum atomic E-state index is -0.555. The Balaban J connectivity index is 4.06. The summed E-state index contributed by atoms with van der Waals surface area (Å²) in [6, 6.07) is 0. The van der Waals surface area contributed by atoms with Crippen LogP contribution >= 0.6 is 0 Å². The number of nitrogens with zero attached hydrogens (tertiary/aromatic N) is 2. The van der Waals surface area contributed by atoms with Gasteiger partial charge in [0.05, 0.1) is 33.3 Å². The maximum absolute atomic E-state index is 11.8. The molecule has 0 atom stereocenters. The van der Waals surface area contributed by atoms with Crippen LogP contribution in [0.25, 0.3) is 0 Å². The van der Waals surface area contributed by atoms with E-state index in [1.54, 1.807) is 4.90 Å². The fourth-order valence-corrected chi connectivity index (χ4v) is 2.60. The third-order valence-electron chi connectivity index (χ3n) is 4.47. The number of carbonyl (C=O) groups excluding carboxylic acids is 4. The van der Waals surface area contributed by atoms with Gasteiger partial charge in [0, 0.05) is 38.3 Å². The summed E-state index contributed by atoms with van der Waals surface area (Å²) in [5.41, 5.74) is -0.555. The molecule has 2 N–H and O–H groups in total. The van der Waals surface area contributed by atoms with Crippen LogP contribution in [0.4, 0.5) is 0 Å². The number of hydroxylamine groups is 2. The smallest absolute Gasteiger partial charge is 0.311 e. The first-order chi connectivity index (χ1) is 14.7. The van der Waals surface area contributed by atoms with Crippen molar-refractivity contribution in [1.82, 2.24) is 20.8 Å². The van der Waals surface area contributed by atoms with E-state index in [1.165, 1.54) is 26.6 Å². The van der Waals surface area contributed by atoms with Crippen LogP contribution in [0.15, 0.2) is 12.2 Å². The van der Waals surface area contributed by atoms with Crippen LogP contribution in [0.5, 0.6) is 0 Å². The van der Waals surface area contributed by atoms with Crippen molar-refractivity contribution in [2.75, 3.05) is 54.1 Å². The Hall–Kier alpha value is -2.50. The second-order valence-corrected chi connectivity index (χ2v) is 7.31. The number of rotatable bonds is 17. The second-order valence-electron chi connectivity index (χ2n) is 7.31. The molecule has 0 aliphatic heterocycles. The summed E-state index contributed by atoms with van der Waals surface area (Å²) in [6.45, 7) is 5.38. The van der Waals surface area contributed by atoms with Gasteiger partial charge < -0.3 is 20.3 Å². The minimum Gasteiger partial charge on any atom is -0.469 e. The Morgan fingerprint density at radius 1 is 0.871 bits per heavy atom. The van der Waals surface area contributed by atoms with Gasteiger partial charge in [0.15, 0.2) is 0 Å². The van der Waals surface area contributed by atoms with Crippen LogP contribution in [0.1, 0.15) is 33.1 Å². The highest BCUT2D eigenvalue weighted by atomic mass is 16.9. The van der Waals surface area contributed by atoms with Crippen molar-refractivity contribution in [2.24, 2.45) is 5.41 Å². The summed E-state index contributed by atoms with van der Waals surface area (Å²) in [6.07, 6.45) is 5.13. The lowest BCUT2D eigenvalue weighted by molar-refractivity contribution is -0.341. The van der Waals surface area contributed by atoms with E-state index in [1.807, 2.05) is 13.8 Å². The number of hydrogen-bond donors (Lipinski definition) is 2. The van der Waals surface area contributed by atoms with Crippen molar-refractivity contribution in [3.63, 3.8) is 0 Å². The van der Waals surface area contributed by atoms with Crippen molar-refractivity contribution in [3.8, 4) is 0 Å². The average Bonchev–Trinajstić information content (AvgIpc) is 2.76. The highest BCUT2D eigenvalue weighted by Crippen LogP contribution is 2.24. The largest absolute Gasteiger partial charge is 0.469 e. The predicted molar refractivity (Wildman–Crippen MR) is 113 cm³/mol. The number of unbranched alkanes of at least 4 members (excludes halogenated alkanes) is 1. The zero-order valence-corrected chi connectivity index (χ0v) is 19.1. The van der Waals surface area contributed by atoms with E-state index in [0.717, 1.165) is 31.4 Å². The number of hydrogen-bond acceptors (Lipinski definition) is 8. The topological polar surface area (TPSA) is 127 Å². The Labute approximate surface area is 183 Å². The summed E-state index contributed by atoms with van der Waals surface area (Å²) in [5, 5.41) is 6.39. The second kappa shape index (κ2) is 16.2. The first-order valence-electron chi connectivity index (χ1n) is 10.1. The summed E-state index contributed by atoms with van der Waals surface area (Å²) >= 11 is 0. The molecule has 0 radical (unpaired) electrons. The maximum atomic E-state index is 11.8. The number of methoxy groups -OCH3 is 1. The van der Waals surface area contributed by atoms with E-state index in [9.17, 15) is 19.2 Å². The van der Waals surface area contributed by atoms with Gasteiger partial charge in [-0.3, -0.25) is 28.9 Å². The molecule has 0 unspecified atom stereocenters. The number of amides is 3. The fourth-order valence-electron chi connectivity index (χ4n) is 2.60. The maximum Gasteiger partial charge on any atom is 0.311 e. The Kier molecular flexibility index (Phi) is 14.9. The summed E-state index contributed by atoms with van der Waals surface area (Å²) < 4.78 is 4.77. The molecule has 31 heavy (non-hydrogen) atoms. The molecule has 0 saturated carbocycles. The molecule has 0 bridgehead atoms. The zero-order valence-electron chi connectivity index (χ0n) is 19.1. The molecule has 178 valence electrons. The zero-order chi connectivity index (χ0) is 23.7. The van der Waals surface area contributed by atoms with Gasteiger partial charge in [-0.15, -0.1) is 0 Å². The molecular weight excluding hydrogens is 408 g/mol. The third-order valence-corrected chi connectivity index (χ3v) is 4.47. The normalized spacial score (nSPS) is 11.4. The van der Waals surface area contributed by atoms with Crippen molar-refractivity contribution < 1.29 is 33.6 Å². The molecule has 0 aliphatic rings. The van der Waals surface area contributed by atoms with Crippen LogP contribution in [0.3, 0.4) is 0 Å². The molecule has 0 aliphatic carbocycles. The standard InChI is InChI=1S/C20H36N4O7/c1-20(2,19(28)29-3)10-6-7-13-23(16-25)14-11-21-17(26)8-9-18(27)22-12-15-24(30-4)31-5/h8-9,16H,6-7,10-15H2,1-5H3,(H,21,26)(H,22,27)/b9-8+. The van der Waals surface area contributed by atoms with Crippen LogP contribution in [-0.4, -0.2) is 88.4 Å². The van der Waals surface area contributed by atoms with E-state index in [4.69, 9.17) is 14.4 Å². The number of nitrogens with one attached hydrogen (secondary N) is 2. The molecule has 0 saturated heterocycles. The van der Waals surface area contributed by atoms with E-state index >= 15 is 0 Å². The first kappa shape index (κ1) is 28.5. The van der Waals surface area contributed by atoms with Crippen molar-refractivity contribution in [3.05, 3.63) is 12.2 Å². The molecule has 0 spiro atoms. The van der Waals surface area contributed by atoms with Gasteiger partial charge in [0.2, 0.25) is 18.2 Å². The van der Waals surface area contributed by atoms with Crippen LogP contribution in [0.2, 0.25) is 0 Å². The number of ether oxygens (including phenoxy) is 1. The quantitative estimate of drug-likeness (QED) is 0.106. The Bertz CT molecular complexity index is 592. The molecule has 0 fully saturated rings. The first-order valence-corrected chi connectivity index (χ1v) is 10.1. The van der Waals surface area contributed by atoms with Crippen LogP contribution in [-0.2, 0) is 33.6 Å². The highest BCUT2D eigenvalue weighted by molar-refractivity contribution is 5.96. The number of carbonyl (C=O) groups is 4. The van der Waals surface area contributed by atoms with Gasteiger partial charge in [0.25, 0.3) is 0 Å². The van der Waals surface area contributed by atoms with Gasteiger partial charge >= 0.3 is 5.97 Å². The van der Waals surface area contributed by atoms with Crippen molar-refractivity contribution in [2.45, 2.75) is 33.1 Å². The molecule has 3 amide bonds. The van der Waals surface area contributed by atoms with Crippen molar-refractivity contribution >= 4 is 24.2 Å². The lowest BCUT2D eigenvalue weighted by Gasteiger charge is -2.22. The molecule has 0 heterocycles. The molecule has 11 nitrogen and oxygen atoms in total. The van der Waals surface area contributed by atoms with Gasteiger partial charge in [-0.2, -0.15) is 0 Å². The molecule has 0 aromatic heterocycles. The van der Waals surface area contributed by atoms with E-state index in [0.29, 0.717) is 26.1 Å². The predicted octanol–water partition coefficient (Wildman–Crippen LogP) is 0.0277. The van der Waals surface area contributed by atoms with E-state index in [2.05, 4.69) is 10.6 Å². The monoisotopic (exact) mass is 444 g/mol. The average molecular weight is 445 g/mol. The van der Waals surface area contributed by atoms with Crippen molar-refractivity contribution in [1.29, 1.82) is 0 Å². The number of esters is 1. The highest BCUT2D eigenvalue weighted by Gasteiger charge is 2.27. The van der Waals surface area contributed by atoms with Crippen LogP contribution in [0, 0.1) is 5.41 Å². The lowest BCUT2D eigenvalue weighted by atomic mass is 9.87. The van der Waals surface area contributed by atoms with Gasteiger partial charge in [-0.05, 0) is 26.7 Å². The Morgan fingerprint density at radius 2 is 1.42 bits per heavy atom. The molecule has 0 rings (SSSR count). The minimum absolute atomic E-state index is 0.254. The molecule has 0 aromatic carbocycles. The molecule has 11 heteroatoms. The van der Waals surface area contributed by atoms with E-state index < -0.39 is 17.2 Å². The van der Waals surface area contributed by atoms with Gasteiger partial charge in [-0.1, -0.05) is 11.6 Å². The van der Waals surface area contributed by atoms with Gasteiger partial charge in [-0.25, -0.2) is 0 Å². The lowest BCUT2D eigenvalue weighted by Crippen LogP contribution is -2.35. The summed E-state index contributed by atoms with van der Waals surface area (Å²) in [7, 11) is 4.24. The summed E-state index contributed by atoms with van der Waals surface area (Å²) in [5.74, 6) is -1.11. The SMILES string of the molecule is COC(=O)C(C)(C)CCCCN(C=O)CCNC(=O)/C=C/C(=O)NCCN(OC)OC. The molecular formula is C20H36N4O7. The third kappa shape index (κ3) is 13.4. The van der Waals surface area contributed by atoms with Crippen LogP contribution < -0.4 is 10.6 Å². The fraction of sp³-hybridized carbons (Fsp3) is 0.700. The van der Waals surface area contributed by atoms with Gasteiger partial charge in [0.1, 0.15) is 0 Å².